The number of hydrogen-bond acceptors (Lipinski definition) is 3. The van der Waals surface area contributed by atoms with Crippen LogP contribution < -0.4 is 10.6 Å². The fraction of sp³-hybridized carbons (Fsp3) is 0.538. The third kappa shape index (κ3) is 2.58. The molecule has 1 aliphatic rings. The van der Waals surface area contributed by atoms with E-state index in [4.69, 9.17) is 10.5 Å². The van der Waals surface area contributed by atoms with Crippen LogP contribution in [0.3, 0.4) is 0 Å². The molecule has 3 nitrogen and oxygen atoms in total. The lowest BCUT2D eigenvalue weighted by Gasteiger charge is -2.34. The van der Waals surface area contributed by atoms with Gasteiger partial charge in [-0.25, -0.2) is 4.39 Å². The number of nitrogens with two attached hydrogens (primary N) is 1. The third-order valence-electron chi connectivity index (χ3n) is 3.07. The summed E-state index contributed by atoms with van der Waals surface area (Å²) >= 11 is 0. The van der Waals surface area contributed by atoms with Gasteiger partial charge in [-0.2, -0.15) is 0 Å². The Balaban J connectivity index is 2.34. The van der Waals surface area contributed by atoms with Crippen molar-refractivity contribution in [3.05, 3.63) is 29.6 Å². The number of morpholine rings is 1. The largest absolute Gasteiger partial charge is 0.375 e. The van der Waals surface area contributed by atoms with Crippen molar-refractivity contribution >= 4 is 5.69 Å². The summed E-state index contributed by atoms with van der Waals surface area (Å²) in [5.74, 6) is -0.225. The molecular formula is C13H19FN2O. The number of nitrogens with zero attached hydrogens (tertiary/aromatic N) is 1. The Morgan fingerprint density at radius 2 is 2.29 bits per heavy atom. The molecule has 1 fully saturated rings. The van der Waals surface area contributed by atoms with E-state index in [1.807, 2.05) is 19.9 Å². The summed E-state index contributed by atoms with van der Waals surface area (Å²) < 4.78 is 19.3. The molecule has 2 unspecified atom stereocenters. The molecule has 0 bridgehead atoms. The molecule has 1 saturated heterocycles. The van der Waals surface area contributed by atoms with Gasteiger partial charge < -0.3 is 15.4 Å². The van der Waals surface area contributed by atoms with Crippen LogP contribution in [0.25, 0.3) is 0 Å². The highest BCUT2D eigenvalue weighted by molar-refractivity contribution is 5.55. The topological polar surface area (TPSA) is 38.5 Å². The van der Waals surface area contributed by atoms with Gasteiger partial charge in [-0.1, -0.05) is 6.07 Å². The Morgan fingerprint density at radius 3 is 2.94 bits per heavy atom. The molecule has 1 heterocycles. The van der Waals surface area contributed by atoms with E-state index in [2.05, 4.69) is 4.90 Å². The maximum absolute atomic E-state index is 13.8. The van der Waals surface area contributed by atoms with E-state index in [9.17, 15) is 4.39 Å². The van der Waals surface area contributed by atoms with Crippen molar-refractivity contribution in [1.82, 2.24) is 0 Å². The van der Waals surface area contributed by atoms with E-state index in [0.29, 0.717) is 12.2 Å². The van der Waals surface area contributed by atoms with Crippen LogP contribution in [0.2, 0.25) is 0 Å². The number of anilines is 1. The summed E-state index contributed by atoms with van der Waals surface area (Å²) in [6, 6.07) is 4.83. The van der Waals surface area contributed by atoms with Gasteiger partial charge in [0.25, 0.3) is 0 Å². The summed E-state index contributed by atoms with van der Waals surface area (Å²) in [5, 5.41) is 0. The summed E-state index contributed by atoms with van der Waals surface area (Å²) in [6.07, 6.45) is 0.174. The lowest BCUT2D eigenvalue weighted by Crippen LogP contribution is -2.41. The van der Waals surface area contributed by atoms with Gasteiger partial charge in [0.1, 0.15) is 5.82 Å². The lowest BCUT2D eigenvalue weighted by atomic mass is 10.0. The van der Waals surface area contributed by atoms with Gasteiger partial charge >= 0.3 is 0 Å². The Kier molecular flexibility index (Phi) is 3.64. The zero-order valence-electron chi connectivity index (χ0n) is 10.3. The first kappa shape index (κ1) is 12.3. The Bertz CT molecular complexity index is 395. The second kappa shape index (κ2) is 5.02. The van der Waals surface area contributed by atoms with Gasteiger partial charge in [0.05, 0.1) is 12.7 Å². The number of benzene rings is 1. The zero-order chi connectivity index (χ0) is 12.4. The zero-order valence-corrected chi connectivity index (χ0v) is 10.3. The quantitative estimate of drug-likeness (QED) is 0.857. The van der Waals surface area contributed by atoms with Crippen molar-refractivity contribution in [2.45, 2.75) is 26.0 Å². The average Bonchev–Trinajstić information content (AvgIpc) is 2.28. The monoisotopic (exact) mass is 238 g/mol. The van der Waals surface area contributed by atoms with E-state index >= 15 is 0 Å². The molecule has 0 spiro atoms. The van der Waals surface area contributed by atoms with E-state index in [0.717, 1.165) is 18.8 Å². The van der Waals surface area contributed by atoms with E-state index < -0.39 is 0 Å². The van der Waals surface area contributed by atoms with Crippen LogP contribution in [0, 0.1) is 5.82 Å². The van der Waals surface area contributed by atoms with Crippen LogP contribution >= 0.6 is 0 Å². The first-order valence-electron chi connectivity index (χ1n) is 6.00. The molecule has 0 radical (unpaired) electrons. The van der Waals surface area contributed by atoms with Crippen molar-refractivity contribution in [3.8, 4) is 0 Å². The Morgan fingerprint density at radius 1 is 1.53 bits per heavy atom. The van der Waals surface area contributed by atoms with Crippen molar-refractivity contribution in [2.75, 3.05) is 24.6 Å². The predicted octanol–water partition coefficient (Wildman–Crippen LogP) is 2.07. The second-order valence-electron chi connectivity index (χ2n) is 4.59. The molecule has 0 saturated carbocycles. The molecule has 2 atom stereocenters. The smallest absolute Gasteiger partial charge is 0.130 e. The molecule has 1 aromatic carbocycles. The fourth-order valence-corrected chi connectivity index (χ4v) is 2.29. The summed E-state index contributed by atoms with van der Waals surface area (Å²) in [4.78, 5) is 2.15. The number of ether oxygens (including phenoxy) is 1. The van der Waals surface area contributed by atoms with E-state index in [1.54, 1.807) is 6.07 Å². The predicted molar refractivity (Wildman–Crippen MR) is 66.6 cm³/mol. The molecule has 2 rings (SSSR count). The van der Waals surface area contributed by atoms with Crippen LogP contribution in [0.1, 0.15) is 25.5 Å². The molecule has 1 aromatic rings. The molecule has 0 aliphatic carbocycles. The minimum absolute atomic E-state index is 0.174. The molecule has 17 heavy (non-hydrogen) atoms. The normalized spacial score (nSPS) is 22.6. The van der Waals surface area contributed by atoms with Gasteiger partial charge in [0.2, 0.25) is 0 Å². The second-order valence-corrected chi connectivity index (χ2v) is 4.59. The molecule has 1 aliphatic heterocycles. The molecular weight excluding hydrogens is 219 g/mol. The molecule has 94 valence electrons. The highest BCUT2D eigenvalue weighted by atomic mass is 19.1. The summed E-state index contributed by atoms with van der Waals surface area (Å²) in [7, 11) is 0. The Labute approximate surface area is 101 Å². The van der Waals surface area contributed by atoms with Crippen molar-refractivity contribution < 1.29 is 9.13 Å². The maximum Gasteiger partial charge on any atom is 0.130 e. The highest BCUT2D eigenvalue weighted by Crippen LogP contribution is 2.29. The van der Waals surface area contributed by atoms with Crippen molar-refractivity contribution in [3.63, 3.8) is 0 Å². The van der Waals surface area contributed by atoms with Gasteiger partial charge in [-0.15, -0.1) is 0 Å². The molecule has 0 aromatic heterocycles. The fourth-order valence-electron chi connectivity index (χ4n) is 2.29. The highest BCUT2D eigenvalue weighted by Gasteiger charge is 2.22. The van der Waals surface area contributed by atoms with Crippen LogP contribution in [-0.2, 0) is 4.74 Å². The SMILES string of the molecule is CC1CN(c2cccc(F)c2C(C)N)CCO1. The standard InChI is InChI=1S/C13H19FN2O/c1-9-8-16(6-7-17-9)12-5-3-4-11(14)13(12)10(2)15/h3-5,9-10H,6-8,15H2,1-2H3. The Hall–Kier alpha value is -1.13. The molecule has 4 heteroatoms. The van der Waals surface area contributed by atoms with Gasteiger partial charge in [-0.3, -0.25) is 0 Å². The van der Waals surface area contributed by atoms with Gasteiger partial charge in [-0.05, 0) is 26.0 Å². The maximum atomic E-state index is 13.8. The first-order chi connectivity index (χ1) is 8.09. The van der Waals surface area contributed by atoms with E-state index in [-0.39, 0.29) is 18.0 Å². The number of rotatable bonds is 2. The van der Waals surface area contributed by atoms with Gasteiger partial charge in [0.15, 0.2) is 0 Å². The van der Waals surface area contributed by atoms with Crippen LogP contribution in [0.5, 0.6) is 0 Å². The van der Waals surface area contributed by atoms with Gasteiger partial charge in [0, 0.05) is 30.4 Å². The molecule has 2 N–H and O–H groups in total. The number of hydrogen-bond donors (Lipinski definition) is 1. The first-order valence-corrected chi connectivity index (χ1v) is 6.00. The minimum Gasteiger partial charge on any atom is -0.375 e. The van der Waals surface area contributed by atoms with Crippen LogP contribution in [0.4, 0.5) is 10.1 Å². The van der Waals surface area contributed by atoms with Crippen LogP contribution in [0.15, 0.2) is 18.2 Å². The number of halogens is 1. The minimum atomic E-state index is -0.302. The third-order valence-corrected chi connectivity index (χ3v) is 3.07. The average molecular weight is 238 g/mol. The van der Waals surface area contributed by atoms with Crippen molar-refractivity contribution in [2.24, 2.45) is 5.73 Å². The lowest BCUT2D eigenvalue weighted by molar-refractivity contribution is 0.0531. The van der Waals surface area contributed by atoms with Crippen molar-refractivity contribution in [1.29, 1.82) is 0 Å². The molecule has 0 amide bonds. The van der Waals surface area contributed by atoms with E-state index in [1.165, 1.54) is 6.07 Å². The van der Waals surface area contributed by atoms with Crippen LogP contribution in [-0.4, -0.2) is 25.8 Å². The summed E-state index contributed by atoms with van der Waals surface area (Å²) in [6.45, 7) is 6.08. The summed E-state index contributed by atoms with van der Waals surface area (Å²) in [5.41, 5.74) is 7.36.